The van der Waals surface area contributed by atoms with Gasteiger partial charge in [-0.3, -0.25) is 4.79 Å². The van der Waals surface area contributed by atoms with Crippen LogP contribution in [0.2, 0.25) is 0 Å². The van der Waals surface area contributed by atoms with Crippen LogP contribution in [0.1, 0.15) is 55.6 Å². The van der Waals surface area contributed by atoms with E-state index >= 15 is 0 Å². The highest BCUT2D eigenvalue weighted by atomic mass is 32.1. The van der Waals surface area contributed by atoms with E-state index in [1.165, 1.54) is 32.1 Å². The number of aryl methyl sites for hydroxylation is 1. The third kappa shape index (κ3) is 3.91. The number of carbonyl (C=O) groups is 1. The van der Waals surface area contributed by atoms with Gasteiger partial charge in [0.25, 0.3) is 0 Å². The van der Waals surface area contributed by atoms with Crippen molar-refractivity contribution in [2.45, 2.75) is 58.3 Å². The molecule has 2 nitrogen and oxygen atoms in total. The van der Waals surface area contributed by atoms with Crippen molar-refractivity contribution in [3.05, 3.63) is 16.1 Å². The second-order valence-electron chi connectivity index (χ2n) is 5.04. The van der Waals surface area contributed by atoms with Crippen molar-refractivity contribution in [1.82, 2.24) is 4.98 Å². The van der Waals surface area contributed by atoms with Crippen molar-refractivity contribution in [3.8, 4) is 0 Å². The summed E-state index contributed by atoms with van der Waals surface area (Å²) in [4.78, 5) is 16.6. The van der Waals surface area contributed by atoms with E-state index in [1.54, 1.807) is 11.3 Å². The van der Waals surface area contributed by atoms with E-state index < -0.39 is 0 Å². The number of rotatable bonds is 3. The molecule has 1 aromatic rings. The Bertz CT molecular complexity index is 364. The van der Waals surface area contributed by atoms with Crippen molar-refractivity contribution in [2.24, 2.45) is 5.92 Å². The van der Waals surface area contributed by atoms with Gasteiger partial charge in [-0.1, -0.05) is 32.1 Å². The summed E-state index contributed by atoms with van der Waals surface area (Å²) in [7, 11) is 0. The minimum absolute atomic E-state index is 0.303. The van der Waals surface area contributed by atoms with Crippen molar-refractivity contribution in [1.29, 1.82) is 0 Å². The Kier molecular flexibility index (Phi) is 4.72. The number of nitrogens with zero attached hydrogens (tertiary/aromatic N) is 1. The molecular weight excluding hydrogens is 230 g/mol. The molecule has 1 saturated carbocycles. The second-order valence-corrected chi connectivity index (χ2v) is 6.11. The van der Waals surface area contributed by atoms with Crippen LogP contribution in [0.3, 0.4) is 0 Å². The first-order valence-electron chi connectivity index (χ1n) is 6.69. The minimum atomic E-state index is 0.303. The van der Waals surface area contributed by atoms with E-state index in [2.05, 4.69) is 4.98 Å². The molecule has 0 unspecified atom stereocenters. The first-order valence-corrected chi connectivity index (χ1v) is 7.57. The van der Waals surface area contributed by atoms with Gasteiger partial charge in [0.2, 0.25) is 0 Å². The maximum Gasteiger partial charge on any atom is 0.141 e. The molecule has 1 fully saturated rings. The number of aromatic nitrogens is 1. The van der Waals surface area contributed by atoms with E-state index in [0.717, 1.165) is 23.5 Å². The van der Waals surface area contributed by atoms with Gasteiger partial charge in [0.05, 0.1) is 10.7 Å². The number of hydrogen-bond donors (Lipinski definition) is 0. The molecule has 0 saturated heterocycles. The zero-order valence-electron chi connectivity index (χ0n) is 10.6. The van der Waals surface area contributed by atoms with E-state index in [-0.39, 0.29) is 0 Å². The van der Waals surface area contributed by atoms with Gasteiger partial charge in [-0.15, -0.1) is 11.3 Å². The Morgan fingerprint density at radius 1 is 1.29 bits per heavy atom. The Balaban J connectivity index is 1.89. The summed E-state index contributed by atoms with van der Waals surface area (Å²) in [5.74, 6) is 0.717. The maximum absolute atomic E-state index is 12.2. The molecule has 0 bridgehead atoms. The molecule has 0 N–H and O–H groups in total. The third-order valence-electron chi connectivity index (χ3n) is 3.58. The lowest BCUT2D eigenvalue weighted by Gasteiger charge is -2.17. The number of Topliss-reactive ketones (excluding diaryl/α,β-unsaturated/α-hetero) is 1. The number of thiazole rings is 1. The zero-order chi connectivity index (χ0) is 12.1. The predicted molar refractivity (Wildman–Crippen MR) is 71.4 cm³/mol. The number of ketones is 1. The minimum Gasteiger partial charge on any atom is -0.299 e. The Labute approximate surface area is 107 Å². The fraction of sp³-hybridized carbons (Fsp3) is 0.714. The molecule has 3 heteroatoms. The van der Waals surface area contributed by atoms with Crippen LogP contribution in [0.4, 0.5) is 0 Å². The van der Waals surface area contributed by atoms with E-state index in [1.807, 2.05) is 12.3 Å². The summed E-state index contributed by atoms with van der Waals surface area (Å²) in [5.41, 5.74) is 0.972. The molecule has 1 heterocycles. The zero-order valence-corrected chi connectivity index (χ0v) is 11.4. The average molecular weight is 251 g/mol. The fourth-order valence-electron chi connectivity index (χ4n) is 2.59. The highest BCUT2D eigenvalue weighted by Gasteiger charge is 2.20. The van der Waals surface area contributed by atoms with Gasteiger partial charge >= 0.3 is 0 Å². The molecule has 0 amide bonds. The molecule has 0 radical (unpaired) electrons. The monoisotopic (exact) mass is 251 g/mol. The standard InChI is InChI=1S/C14H21NOS/c1-11-15-13(10-17-11)9-14(16)12-7-5-3-2-4-6-8-12/h10,12H,2-9H2,1H3. The predicted octanol–water partition coefficient (Wildman–Crippen LogP) is 3.92. The quantitative estimate of drug-likeness (QED) is 0.815. The van der Waals surface area contributed by atoms with Crippen molar-refractivity contribution >= 4 is 17.1 Å². The normalized spacial score (nSPS) is 18.6. The third-order valence-corrected chi connectivity index (χ3v) is 4.40. The van der Waals surface area contributed by atoms with Crippen LogP contribution in [-0.2, 0) is 11.2 Å². The van der Waals surface area contributed by atoms with Crippen LogP contribution in [0.5, 0.6) is 0 Å². The molecule has 2 rings (SSSR count). The van der Waals surface area contributed by atoms with Gasteiger partial charge in [-0.2, -0.15) is 0 Å². The lowest BCUT2D eigenvalue weighted by molar-refractivity contribution is -0.122. The Morgan fingerprint density at radius 2 is 1.94 bits per heavy atom. The summed E-state index contributed by atoms with van der Waals surface area (Å²) in [6.45, 7) is 1.99. The summed E-state index contributed by atoms with van der Waals surface area (Å²) in [5, 5.41) is 3.08. The smallest absolute Gasteiger partial charge is 0.141 e. The van der Waals surface area contributed by atoms with Gasteiger partial charge in [-0.25, -0.2) is 4.98 Å². The van der Waals surface area contributed by atoms with Crippen molar-refractivity contribution in [2.75, 3.05) is 0 Å². The molecule has 0 atom stereocenters. The Morgan fingerprint density at radius 3 is 2.53 bits per heavy atom. The van der Waals surface area contributed by atoms with Gasteiger partial charge in [0.15, 0.2) is 0 Å². The molecule has 0 aromatic carbocycles. The lowest BCUT2D eigenvalue weighted by Crippen LogP contribution is -2.18. The highest BCUT2D eigenvalue weighted by Crippen LogP contribution is 2.24. The number of carbonyl (C=O) groups excluding carboxylic acids is 1. The summed E-state index contributed by atoms with van der Waals surface area (Å²) < 4.78 is 0. The van der Waals surface area contributed by atoms with Gasteiger partial charge in [-0.05, 0) is 19.8 Å². The molecule has 94 valence electrons. The molecule has 0 aliphatic heterocycles. The molecule has 17 heavy (non-hydrogen) atoms. The van der Waals surface area contributed by atoms with Gasteiger partial charge in [0.1, 0.15) is 5.78 Å². The van der Waals surface area contributed by atoms with E-state index in [4.69, 9.17) is 0 Å². The van der Waals surface area contributed by atoms with Crippen molar-refractivity contribution in [3.63, 3.8) is 0 Å². The van der Waals surface area contributed by atoms with Crippen LogP contribution in [-0.4, -0.2) is 10.8 Å². The maximum atomic E-state index is 12.2. The van der Waals surface area contributed by atoms with Crippen LogP contribution in [0.25, 0.3) is 0 Å². The largest absolute Gasteiger partial charge is 0.299 e. The van der Waals surface area contributed by atoms with Crippen LogP contribution >= 0.6 is 11.3 Å². The van der Waals surface area contributed by atoms with Gasteiger partial charge in [0, 0.05) is 17.7 Å². The van der Waals surface area contributed by atoms with Crippen LogP contribution < -0.4 is 0 Å². The van der Waals surface area contributed by atoms with E-state index in [9.17, 15) is 4.79 Å². The van der Waals surface area contributed by atoms with Crippen LogP contribution in [0.15, 0.2) is 5.38 Å². The first-order chi connectivity index (χ1) is 8.25. The van der Waals surface area contributed by atoms with Crippen LogP contribution in [0, 0.1) is 12.8 Å². The topological polar surface area (TPSA) is 30.0 Å². The average Bonchev–Trinajstić information content (AvgIpc) is 2.63. The number of hydrogen-bond acceptors (Lipinski definition) is 3. The molecule has 0 spiro atoms. The lowest BCUT2D eigenvalue weighted by atomic mass is 9.87. The first kappa shape index (κ1) is 12.7. The van der Waals surface area contributed by atoms with E-state index in [0.29, 0.717) is 18.1 Å². The highest BCUT2D eigenvalue weighted by molar-refractivity contribution is 7.09. The summed E-state index contributed by atoms with van der Waals surface area (Å²) in [6.07, 6.45) is 9.17. The van der Waals surface area contributed by atoms with Gasteiger partial charge < -0.3 is 0 Å². The molecular formula is C14H21NOS. The summed E-state index contributed by atoms with van der Waals surface area (Å²) >= 11 is 1.64. The Hall–Kier alpha value is -0.700. The molecule has 1 aliphatic rings. The second kappa shape index (κ2) is 6.29. The molecule has 1 aliphatic carbocycles. The SMILES string of the molecule is Cc1nc(CC(=O)C2CCCCCCC2)cs1. The summed E-state index contributed by atoms with van der Waals surface area (Å²) in [6, 6.07) is 0. The fourth-order valence-corrected chi connectivity index (χ4v) is 3.20. The molecule has 1 aromatic heterocycles. The van der Waals surface area contributed by atoms with Crippen molar-refractivity contribution < 1.29 is 4.79 Å².